The van der Waals surface area contributed by atoms with Crippen LogP contribution in [0, 0.1) is 6.92 Å². The molecule has 0 bridgehead atoms. The Balaban J connectivity index is 1.66. The van der Waals surface area contributed by atoms with Gasteiger partial charge in [0.05, 0.1) is 24.5 Å². The summed E-state index contributed by atoms with van der Waals surface area (Å²) >= 11 is 5.86. The van der Waals surface area contributed by atoms with E-state index in [2.05, 4.69) is 36.1 Å². The predicted molar refractivity (Wildman–Crippen MR) is 144 cm³/mol. The standard InChI is InChI=1S/C27H26N6O2S/c1-17-9-12-24(29-16-17)32-14-6-8-22(32)26-25(20-7-4-5-13-28-20)31-27(36)33(26)19-10-11-23(35-3)21(15-19)30-18(2)34/h4-16,25-26H,1-3H3,(H,30,34)(H,31,36)/t25-,26+/m1/s1. The zero-order valence-electron chi connectivity index (χ0n) is 20.2. The van der Waals surface area contributed by atoms with Crippen molar-refractivity contribution >= 4 is 34.6 Å². The van der Waals surface area contributed by atoms with Gasteiger partial charge in [-0.05, 0) is 73.2 Å². The number of amides is 1. The molecule has 0 aliphatic carbocycles. The third kappa shape index (κ3) is 4.40. The molecule has 2 N–H and O–H groups in total. The Kier molecular flexibility index (Phi) is 6.39. The van der Waals surface area contributed by atoms with Gasteiger partial charge in [0.2, 0.25) is 5.91 Å². The quantitative estimate of drug-likeness (QED) is 0.372. The average molecular weight is 499 g/mol. The largest absolute Gasteiger partial charge is 0.495 e. The summed E-state index contributed by atoms with van der Waals surface area (Å²) in [5.41, 5.74) is 4.33. The zero-order chi connectivity index (χ0) is 25.2. The number of hydrogen-bond acceptors (Lipinski definition) is 5. The first-order valence-corrected chi connectivity index (χ1v) is 11.9. The minimum absolute atomic E-state index is 0.185. The molecular weight excluding hydrogens is 472 g/mol. The highest BCUT2D eigenvalue weighted by Crippen LogP contribution is 2.43. The normalized spacial score (nSPS) is 17.1. The zero-order valence-corrected chi connectivity index (χ0v) is 21.0. The second-order valence-corrected chi connectivity index (χ2v) is 8.95. The molecule has 1 saturated heterocycles. The lowest BCUT2D eigenvalue weighted by Gasteiger charge is -2.29. The number of rotatable bonds is 6. The number of nitrogens with one attached hydrogen (secondary N) is 2. The van der Waals surface area contributed by atoms with E-state index in [0.29, 0.717) is 16.5 Å². The molecule has 0 radical (unpaired) electrons. The van der Waals surface area contributed by atoms with Crippen molar-refractivity contribution in [3.63, 3.8) is 0 Å². The van der Waals surface area contributed by atoms with Crippen LogP contribution in [-0.4, -0.2) is 32.7 Å². The summed E-state index contributed by atoms with van der Waals surface area (Å²) < 4.78 is 7.53. The molecule has 2 atom stereocenters. The lowest BCUT2D eigenvalue weighted by atomic mass is 10.0. The van der Waals surface area contributed by atoms with Gasteiger partial charge in [0.25, 0.3) is 0 Å². The predicted octanol–water partition coefficient (Wildman–Crippen LogP) is 4.72. The van der Waals surface area contributed by atoms with Gasteiger partial charge in [0, 0.05) is 36.9 Å². The van der Waals surface area contributed by atoms with Crippen molar-refractivity contribution in [2.24, 2.45) is 0 Å². The van der Waals surface area contributed by atoms with Crippen LogP contribution in [0.1, 0.15) is 36.0 Å². The maximum absolute atomic E-state index is 11.9. The number of aryl methyl sites for hydroxylation is 1. The summed E-state index contributed by atoms with van der Waals surface area (Å²) in [4.78, 5) is 23.2. The van der Waals surface area contributed by atoms with Gasteiger partial charge < -0.3 is 24.8 Å². The van der Waals surface area contributed by atoms with Crippen molar-refractivity contribution in [1.82, 2.24) is 19.9 Å². The summed E-state index contributed by atoms with van der Waals surface area (Å²) in [6.07, 6.45) is 5.63. The first kappa shape index (κ1) is 23.5. The maximum atomic E-state index is 11.9. The van der Waals surface area contributed by atoms with Gasteiger partial charge >= 0.3 is 0 Å². The number of aromatic nitrogens is 3. The van der Waals surface area contributed by atoms with E-state index in [9.17, 15) is 4.79 Å². The number of pyridine rings is 2. The third-order valence-electron chi connectivity index (χ3n) is 6.10. The van der Waals surface area contributed by atoms with E-state index < -0.39 is 0 Å². The Morgan fingerprint density at radius 1 is 1.11 bits per heavy atom. The molecule has 0 spiro atoms. The third-order valence-corrected chi connectivity index (χ3v) is 6.41. The van der Waals surface area contributed by atoms with Crippen LogP contribution in [0.2, 0.25) is 0 Å². The number of benzene rings is 1. The fourth-order valence-electron chi connectivity index (χ4n) is 4.51. The van der Waals surface area contributed by atoms with Crippen LogP contribution in [0.4, 0.5) is 11.4 Å². The minimum Gasteiger partial charge on any atom is -0.495 e. The number of thiocarbonyl (C=S) groups is 1. The topological polar surface area (TPSA) is 84.3 Å². The molecule has 0 unspecified atom stereocenters. The van der Waals surface area contributed by atoms with Crippen LogP contribution < -0.4 is 20.3 Å². The van der Waals surface area contributed by atoms with Crippen LogP contribution in [0.25, 0.3) is 5.82 Å². The number of carbonyl (C=O) groups excluding carboxylic acids is 1. The van der Waals surface area contributed by atoms with E-state index >= 15 is 0 Å². The van der Waals surface area contributed by atoms with Crippen LogP contribution in [0.15, 0.2) is 79.3 Å². The Bertz CT molecular complexity index is 1400. The molecule has 182 valence electrons. The first-order chi connectivity index (χ1) is 17.5. The monoisotopic (exact) mass is 498 g/mol. The molecule has 8 nitrogen and oxygen atoms in total. The molecule has 1 fully saturated rings. The number of carbonyl (C=O) groups is 1. The molecule has 1 amide bonds. The molecule has 1 aromatic carbocycles. The molecule has 9 heteroatoms. The minimum atomic E-state index is -0.246. The van der Waals surface area contributed by atoms with E-state index in [1.54, 1.807) is 13.3 Å². The molecular formula is C27H26N6O2S. The number of ether oxygens (including phenoxy) is 1. The Hall–Kier alpha value is -4.24. The number of methoxy groups -OCH3 is 1. The first-order valence-electron chi connectivity index (χ1n) is 11.5. The van der Waals surface area contributed by atoms with Gasteiger partial charge in [0.1, 0.15) is 17.6 Å². The van der Waals surface area contributed by atoms with E-state index in [-0.39, 0.29) is 18.0 Å². The Morgan fingerprint density at radius 2 is 1.97 bits per heavy atom. The summed E-state index contributed by atoms with van der Waals surface area (Å²) in [5.74, 6) is 1.19. The summed E-state index contributed by atoms with van der Waals surface area (Å²) in [7, 11) is 1.57. The van der Waals surface area contributed by atoms with Gasteiger partial charge in [-0.3, -0.25) is 9.78 Å². The molecule has 1 aliphatic heterocycles. The number of anilines is 2. The maximum Gasteiger partial charge on any atom is 0.221 e. The van der Waals surface area contributed by atoms with Crippen molar-refractivity contribution in [2.45, 2.75) is 25.9 Å². The van der Waals surface area contributed by atoms with Gasteiger partial charge in [-0.25, -0.2) is 4.98 Å². The van der Waals surface area contributed by atoms with Crippen LogP contribution in [-0.2, 0) is 4.79 Å². The summed E-state index contributed by atoms with van der Waals surface area (Å²) in [6, 6.07) is 19.1. The van der Waals surface area contributed by atoms with E-state index in [1.807, 2.05) is 73.9 Å². The van der Waals surface area contributed by atoms with Crippen molar-refractivity contribution in [2.75, 3.05) is 17.3 Å². The molecule has 3 aromatic heterocycles. The fraction of sp³-hybridized carbons (Fsp3) is 0.185. The summed E-state index contributed by atoms with van der Waals surface area (Å²) in [6.45, 7) is 3.48. The lowest BCUT2D eigenvalue weighted by Crippen LogP contribution is -2.30. The second-order valence-electron chi connectivity index (χ2n) is 8.56. The van der Waals surface area contributed by atoms with E-state index in [0.717, 1.165) is 28.5 Å². The fourth-order valence-corrected chi connectivity index (χ4v) is 4.86. The highest BCUT2D eigenvalue weighted by atomic mass is 32.1. The molecule has 1 aliphatic rings. The van der Waals surface area contributed by atoms with Gasteiger partial charge in [0.15, 0.2) is 5.11 Å². The molecule has 36 heavy (non-hydrogen) atoms. The number of hydrogen-bond donors (Lipinski definition) is 2. The van der Waals surface area contributed by atoms with Crippen molar-refractivity contribution in [1.29, 1.82) is 0 Å². The molecule has 5 rings (SSSR count). The highest BCUT2D eigenvalue weighted by Gasteiger charge is 2.42. The number of nitrogens with zero attached hydrogens (tertiary/aromatic N) is 4. The Labute approximate surface area is 215 Å². The average Bonchev–Trinajstić information content (AvgIpc) is 3.49. The van der Waals surface area contributed by atoms with Gasteiger partial charge in [-0.2, -0.15) is 0 Å². The SMILES string of the molecule is COc1ccc(N2C(=S)N[C@H](c3ccccn3)[C@@H]2c2cccn2-c2ccc(C)cn2)cc1NC(C)=O. The van der Waals surface area contributed by atoms with Crippen molar-refractivity contribution < 1.29 is 9.53 Å². The molecule has 4 aromatic rings. The van der Waals surface area contributed by atoms with Crippen LogP contribution >= 0.6 is 12.2 Å². The van der Waals surface area contributed by atoms with Crippen molar-refractivity contribution in [3.8, 4) is 11.6 Å². The van der Waals surface area contributed by atoms with E-state index in [4.69, 9.17) is 17.0 Å². The van der Waals surface area contributed by atoms with Crippen LogP contribution in [0.5, 0.6) is 5.75 Å². The van der Waals surface area contributed by atoms with Crippen molar-refractivity contribution in [3.05, 3.63) is 96.2 Å². The van der Waals surface area contributed by atoms with E-state index in [1.165, 1.54) is 6.92 Å². The highest BCUT2D eigenvalue weighted by molar-refractivity contribution is 7.80. The van der Waals surface area contributed by atoms with Gasteiger partial charge in [-0.1, -0.05) is 12.1 Å². The Morgan fingerprint density at radius 3 is 2.67 bits per heavy atom. The van der Waals surface area contributed by atoms with Crippen LogP contribution in [0.3, 0.4) is 0 Å². The summed E-state index contributed by atoms with van der Waals surface area (Å²) in [5, 5.41) is 6.89. The molecule has 0 saturated carbocycles. The second kappa shape index (κ2) is 9.79. The molecule has 4 heterocycles. The lowest BCUT2D eigenvalue weighted by molar-refractivity contribution is -0.114. The van der Waals surface area contributed by atoms with Gasteiger partial charge in [-0.15, -0.1) is 0 Å². The smallest absolute Gasteiger partial charge is 0.221 e.